The Bertz CT molecular complexity index is 398. The number of aliphatic hydroxyl groups excluding tert-OH is 3. The van der Waals surface area contributed by atoms with Crippen molar-refractivity contribution < 1.29 is 35.1 Å². The van der Waals surface area contributed by atoms with Gasteiger partial charge in [-0.25, -0.2) is 0 Å². The standard InChI is InChI=1S/2C10H20O2.C6H12O3/c2*1-2-3-4-5-6-7-8-9-10(11)12;1-2-6(3-7,4-8)5-9/h2*2-9H2,1H3,(H,11,12);2,7-9H,1,3-5H2. The number of hydrogen-bond acceptors (Lipinski definition) is 5. The fourth-order valence-electron chi connectivity index (χ4n) is 2.81. The number of hydrogen-bond donors (Lipinski definition) is 5. The molecule has 0 atom stereocenters. The first-order chi connectivity index (χ1) is 15.8. The Labute approximate surface area is 201 Å². The first-order valence-corrected chi connectivity index (χ1v) is 12.7. The molecule has 0 heterocycles. The van der Waals surface area contributed by atoms with Crippen molar-refractivity contribution in [2.45, 2.75) is 117 Å². The second-order valence-corrected chi connectivity index (χ2v) is 8.57. The van der Waals surface area contributed by atoms with Gasteiger partial charge in [0.25, 0.3) is 0 Å². The van der Waals surface area contributed by atoms with Crippen LogP contribution in [0.4, 0.5) is 0 Å². The minimum atomic E-state index is -0.903. The van der Waals surface area contributed by atoms with E-state index in [0.29, 0.717) is 12.8 Å². The third-order valence-electron chi connectivity index (χ3n) is 5.37. The van der Waals surface area contributed by atoms with Crippen LogP contribution in [-0.4, -0.2) is 57.3 Å². The van der Waals surface area contributed by atoms with Crippen molar-refractivity contribution in [3.8, 4) is 0 Å². The minimum Gasteiger partial charge on any atom is -0.481 e. The predicted molar refractivity (Wildman–Crippen MR) is 134 cm³/mol. The van der Waals surface area contributed by atoms with Crippen molar-refractivity contribution >= 4 is 11.9 Å². The molecule has 0 bridgehead atoms. The van der Waals surface area contributed by atoms with Crippen molar-refractivity contribution in [2.24, 2.45) is 5.41 Å². The molecule has 198 valence electrons. The molecule has 0 radical (unpaired) electrons. The zero-order valence-corrected chi connectivity index (χ0v) is 21.3. The highest BCUT2D eigenvalue weighted by Crippen LogP contribution is 2.14. The normalized spacial score (nSPS) is 10.5. The maximum Gasteiger partial charge on any atom is 0.303 e. The molecule has 0 rings (SSSR count). The van der Waals surface area contributed by atoms with E-state index in [0.717, 1.165) is 25.7 Å². The molecule has 0 aromatic heterocycles. The van der Waals surface area contributed by atoms with Crippen LogP contribution in [0.1, 0.15) is 117 Å². The van der Waals surface area contributed by atoms with Crippen LogP contribution in [0.25, 0.3) is 0 Å². The average Bonchev–Trinajstić information content (AvgIpc) is 2.80. The summed E-state index contributed by atoms with van der Waals surface area (Å²) in [4.78, 5) is 20.3. The second kappa shape index (κ2) is 28.6. The Kier molecular flexibility index (Phi) is 31.3. The number of carbonyl (C=O) groups is 2. The maximum absolute atomic E-state index is 10.1. The third-order valence-corrected chi connectivity index (χ3v) is 5.37. The van der Waals surface area contributed by atoms with E-state index in [2.05, 4.69) is 20.4 Å². The SMILES string of the molecule is C=CC(CO)(CO)CO.CCCCCCCCCC(=O)O.CCCCCCCCCC(=O)O. The van der Waals surface area contributed by atoms with Gasteiger partial charge in [0.2, 0.25) is 0 Å². The van der Waals surface area contributed by atoms with Gasteiger partial charge in [0.05, 0.1) is 25.2 Å². The number of carboxylic acids is 2. The van der Waals surface area contributed by atoms with Crippen LogP contribution in [0.3, 0.4) is 0 Å². The molecule has 0 saturated carbocycles. The zero-order chi connectivity index (χ0) is 25.8. The topological polar surface area (TPSA) is 135 Å². The number of aliphatic carboxylic acids is 2. The van der Waals surface area contributed by atoms with E-state index < -0.39 is 17.4 Å². The second-order valence-electron chi connectivity index (χ2n) is 8.57. The maximum atomic E-state index is 10.1. The van der Waals surface area contributed by atoms with Crippen molar-refractivity contribution in [2.75, 3.05) is 19.8 Å². The lowest BCUT2D eigenvalue weighted by atomic mass is 9.92. The van der Waals surface area contributed by atoms with E-state index >= 15 is 0 Å². The molecule has 0 amide bonds. The Morgan fingerprint density at radius 1 is 0.606 bits per heavy atom. The molecule has 7 heteroatoms. The van der Waals surface area contributed by atoms with Gasteiger partial charge in [0.1, 0.15) is 0 Å². The van der Waals surface area contributed by atoms with Gasteiger partial charge in [0, 0.05) is 12.8 Å². The van der Waals surface area contributed by atoms with Gasteiger partial charge in [-0.05, 0) is 12.8 Å². The Hall–Kier alpha value is -1.44. The molecular weight excluding hydrogens is 424 g/mol. The number of carboxylic acid groups (broad SMARTS) is 2. The Morgan fingerprint density at radius 2 is 0.879 bits per heavy atom. The Balaban J connectivity index is -0.000000414. The van der Waals surface area contributed by atoms with Crippen LogP contribution in [-0.2, 0) is 9.59 Å². The van der Waals surface area contributed by atoms with Gasteiger partial charge in [-0.15, -0.1) is 6.58 Å². The smallest absolute Gasteiger partial charge is 0.303 e. The number of rotatable bonds is 20. The summed E-state index contributed by atoms with van der Waals surface area (Å²) in [5.74, 6) is -1.33. The van der Waals surface area contributed by atoms with Gasteiger partial charge < -0.3 is 25.5 Å². The average molecular weight is 477 g/mol. The van der Waals surface area contributed by atoms with E-state index in [-0.39, 0.29) is 19.8 Å². The number of aliphatic hydroxyl groups is 3. The highest BCUT2D eigenvalue weighted by atomic mass is 16.4. The summed E-state index contributed by atoms with van der Waals surface area (Å²) < 4.78 is 0. The first-order valence-electron chi connectivity index (χ1n) is 12.7. The van der Waals surface area contributed by atoms with Crippen molar-refractivity contribution in [1.29, 1.82) is 0 Å². The molecule has 0 unspecified atom stereocenters. The predicted octanol–water partition coefficient (Wildman–Crippen LogP) is 5.56. The molecule has 0 fully saturated rings. The molecule has 5 N–H and O–H groups in total. The highest BCUT2D eigenvalue weighted by Gasteiger charge is 2.22. The summed E-state index contributed by atoms with van der Waals surface area (Å²) in [5, 5.41) is 42.5. The molecule has 33 heavy (non-hydrogen) atoms. The van der Waals surface area contributed by atoms with E-state index in [4.69, 9.17) is 25.5 Å². The van der Waals surface area contributed by atoms with Gasteiger partial charge in [-0.2, -0.15) is 0 Å². The third kappa shape index (κ3) is 30.6. The lowest BCUT2D eigenvalue weighted by Gasteiger charge is -2.21. The molecule has 0 aromatic carbocycles. The molecule has 0 saturated heterocycles. The Morgan fingerprint density at radius 3 is 1.06 bits per heavy atom. The molecule has 0 spiro atoms. The molecular formula is C26H52O7. The van der Waals surface area contributed by atoms with E-state index in [1.165, 1.54) is 70.3 Å². The number of unbranched alkanes of at least 4 members (excludes halogenated alkanes) is 12. The first kappa shape index (κ1) is 36.1. The van der Waals surface area contributed by atoms with Crippen molar-refractivity contribution in [3.63, 3.8) is 0 Å². The quantitative estimate of drug-likeness (QED) is 0.115. The van der Waals surface area contributed by atoms with Crippen LogP contribution in [0.15, 0.2) is 12.7 Å². The van der Waals surface area contributed by atoms with Crippen molar-refractivity contribution in [1.82, 2.24) is 0 Å². The van der Waals surface area contributed by atoms with Gasteiger partial charge in [0.15, 0.2) is 0 Å². The van der Waals surface area contributed by atoms with E-state index in [1.54, 1.807) is 0 Å². The highest BCUT2D eigenvalue weighted by molar-refractivity contribution is 5.66. The van der Waals surface area contributed by atoms with Crippen LogP contribution < -0.4 is 0 Å². The van der Waals surface area contributed by atoms with Crippen LogP contribution in [0.2, 0.25) is 0 Å². The zero-order valence-electron chi connectivity index (χ0n) is 21.3. The summed E-state index contributed by atoms with van der Waals surface area (Å²) in [5.41, 5.74) is -0.903. The monoisotopic (exact) mass is 476 g/mol. The lowest BCUT2D eigenvalue weighted by Crippen LogP contribution is -2.31. The van der Waals surface area contributed by atoms with Crippen LogP contribution in [0.5, 0.6) is 0 Å². The minimum absolute atomic E-state index is 0.274. The lowest BCUT2D eigenvalue weighted by molar-refractivity contribution is -0.138. The van der Waals surface area contributed by atoms with Gasteiger partial charge in [-0.1, -0.05) is 97.0 Å². The largest absolute Gasteiger partial charge is 0.481 e. The van der Waals surface area contributed by atoms with Crippen LogP contribution in [0, 0.1) is 5.41 Å². The molecule has 0 aliphatic heterocycles. The summed E-state index contributed by atoms with van der Waals surface area (Å²) in [6.45, 7) is 6.94. The summed E-state index contributed by atoms with van der Waals surface area (Å²) >= 11 is 0. The summed E-state index contributed by atoms with van der Waals surface area (Å²) in [7, 11) is 0. The molecule has 0 aromatic rings. The van der Waals surface area contributed by atoms with Gasteiger partial charge in [-0.3, -0.25) is 9.59 Å². The molecule has 0 aliphatic carbocycles. The fraction of sp³-hybridized carbons (Fsp3) is 0.846. The van der Waals surface area contributed by atoms with E-state index in [9.17, 15) is 9.59 Å². The molecule has 0 aliphatic rings. The fourth-order valence-corrected chi connectivity index (χ4v) is 2.81. The van der Waals surface area contributed by atoms with Gasteiger partial charge >= 0.3 is 11.9 Å². The van der Waals surface area contributed by atoms with E-state index in [1.807, 2.05) is 0 Å². The summed E-state index contributed by atoms with van der Waals surface area (Å²) in [6.07, 6.45) is 18.6. The van der Waals surface area contributed by atoms with Crippen LogP contribution >= 0.6 is 0 Å². The summed E-state index contributed by atoms with van der Waals surface area (Å²) in [6, 6.07) is 0. The van der Waals surface area contributed by atoms with Crippen molar-refractivity contribution in [3.05, 3.63) is 12.7 Å². The molecule has 7 nitrogen and oxygen atoms in total.